The van der Waals surface area contributed by atoms with Gasteiger partial charge in [0.15, 0.2) is 0 Å². The Morgan fingerprint density at radius 1 is 1.44 bits per heavy atom. The molecule has 3 atom stereocenters. The summed E-state index contributed by atoms with van der Waals surface area (Å²) in [4.78, 5) is 12.2. The fraction of sp³-hybridized carbons (Fsp3) is 0.923. The van der Waals surface area contributed by atoms with Gasteiger partial charge in [-0.1, -0.05) is 13.3 Å². The maximum Gasteiger partial charge on any atom is 0.240 e. The Morgan fingerprint density at radius 2 is 2.22 bits per heavy atom. The number of carbonyl (C=O) groups is 1. The van der Waals surface area contributed by atoms with E-state index >= 15 is 0 Å². The van der Waals surface area contributed by atoms with Crippen LogP contribution in [0.3, 0.4) is 0 Å². The second-order valence-corrected chi connectivity index (χ2v) is 5.43. The largest absolute Gasteiger partial charge is 0.393 e. The SMILES string of the molecule is CCC1(C(=O)NCC2CCCC2O)CCCN1.Cl. The maximum absolute atomic E-state index is 12.2. The molecule has 0 aromatic rings. The van der Waals surface area contributed by atoms with Gasteiger partial charge in [-0.2, -0.15) is 0 Å². The van der Waals surface area contributed by atoms with Crippen LogP contribution in [0.5, 0.6) is 0 Å². The number of aliphatic hydroxyl groups is 1. The third-order valence-corrected chi connectivity index (χ3v) is 4.43. The van der Waals surface area contributed by atoms with E-state index in [-0.39, 0.29) is 35.9 Å². The molecule has 2 aliphatic rings. The van der Waals surface area contributed by atoms with Crippen LogP contribution in [-0.4, -0.2) is 35.7 Å². The van der Waals surface area contributed by atoms with E-state index < -0.39 is 0 Å². The monoisotopic (exact) mass is 276 g/mol. The van der Waals surface area contributed by atoms with Crippen molar-refractivity contribution in [3.05, 3.63) is 0 Å². The highest BCUT2D eigenvalue weighted by atomic mass is 35.5. The van der Waals surface area contributed by atoms with Crippen LogP contribution in [0.1, 0.15) is 45.4 Å². The lowest BCUT2D eigenvalue weighted by molar-refractivity contribution is -0.127. The summed E-state index contributed by atoms with van der Waals surface area (Å²) < 4.78 is 0. The Balaban J connectivity index is 0.00000162. The summed E-state index contributed by atoms with van der Waals surface area (Å²) in [6, 6.07) is 0. The van der Waals surface area contributed by atoms with Gasteiger partial charge in [-0.05, 0) is 38.6 Å². The Hall–Kier alpha value is -0.320. The van der Waals surface area contributed by atoms with Crippen molar-refractivity contribution < 1.29 is 9.90 Å². The Morgan fingerprint density at radius 3 is 2.72 bits per heavy atom. The van der Waals surface area contributed by atoms with Crippen molar-refractivity contribution in [1.29, 1.82) is 0 Å². The van der Waals surface area contributed by atoms with Crippen LogP contribution in [0.2, 0.25) is 0 Å². The minimum Gasteiger partial charge on any atom is -0.393 e. The van der Waals surface area contributed by atoms with Crippen molar-refractivity contribution >= 4 is 18.3 Å². The van der Waals surface area contributed by atoms with Crippen LogP contribution in [-0.2, 0) is 4.79 Å². The lowest BCUT2D eigenvalue weighted by atomic mass is 9.93. The number of rotatable bonds is 4. The van der Waals surface area contributed by atoms with E-state index in [1.165, 1.54) is 0 Å². The fourth-order valence-electron chi connectivity index (χ4n) is 3.11. The van der Waals surface area contributed by atoms with Crippen molar-refractivity contribution in [1.82, 2.24) is 10.6 Å². The number of carbonyl (C=O) groups excluding carboxylic acids is 1. The summed E-state index contributed by atoms with van der Waals surface area (Å²) in [5.41, 5.74) is -0.344. The van der Waals surface area contributed by atoms with Gasteiger partial charge in [0.25, 0.3) is 0 Å². The molecule has 4 nitrogen and oxygen atoms in total. The molecule has 1 saturated heterocycles. The molecule has 106 valence electrons. The lowest BCUT2D eigenvalue weighted by Gasteiger charge is -2.27. The minimum atomic E-state index is -0.344. The summed E-state index contributed by atoms with van der Waals surface area (Å²) in [5.74, 6) is 0.380. The molecule has 18 heavy (non-hydrogen) atoms. The molecular formula is C13H25ClN2O2. The second kappa shape index (κ2) is 6.73. The Labute approximate surface area is 115 Å². The zero-order valence-electron chi connectivity index (χ0n) is 11.1. The highest BCUT2D eigenvalue weighted by Gasteiger charge is 2.39. The van der Waals surface area contributed by atoms with Crippen molar-refractivity contribution in [2.75, 3.05) is 13.1 Å². The van der Waals surface area contributed by atoms with Gasteiger partial charge in [0, 0.05) is 12.5 Å². The standard InChI is InChI=1S/C13H24N2O2.ClH/c1-2-13(7-4-8-15-13)12(17)14-9-10-5-3-6-11(10)16;/h10-11,15-16H,2-9H2,1H3,(H,14,17);1H. The van der Waals surface area contributed by atoms with Gasteiger partial charge in [0.2, 0.25) is 5.91 Å². The van der Waals surface area contributed by atoms with Crippen molar-refractivity contribution in [3.8, 4) is 0 Å². The molecule has 0 radical (unpaired) electrons. The number of hydrogen-bond acceptors (Lipinski definition) is 3. The van der Waals surface area contributed by atoms with Gasteiger partial charge in [-0.3, -0.25) is 4.79 Å². The molecule has 3 unspecified atom stereocenters. The topological polar surface area (TPSA) is 61.4 Å². The van der Waals surface area contributed by atoms with Gasteiger partial charge in [0.1, 0.15) is 0 Å². The van der Waals surface area contributed by atoms with E-state index in [4.69, 9.17) is 0 Å². The summed E-state index contributed by atoms with van der Waals surface area (Å²) >= 11 is 0. The second-order valence-electron chi connectivity index (χ2n) is 5.43. The van der Waals surface area contributed by atoms with Crippen molar-refractivity contribution in [2.45, 2.75) is 57.1 Å². The van der Waals surface area contributed by atoms with Crippen LogP contribution in [0.15, 0.2) is 0 Å². The van der Waals surface area contributed by atoms with Crippen LogP contribution in [0.4, 0.5) is 0 Å². The smallest absolute Gasteiger partial charge is 0.240 e. The molecule has 3 N–H and O–H groups in total. The molecule has 1 aliphatic heterocycles. The molecule has 2 rings (SSSR count). The number of amides is 1. The zero-order chi connectivity index (χ0) is 12.3. The molecule has 1 amide bonds. The first-order valence-corrected chi connectivity index (χ1v) is 6.89. The zero-order valence-corrected chi connectivity index (χ0v) is 11.9. The Bertz CT molecular complexity index is 280. The molecule has 1 saturated carbocycles. The average molecular weight is 277 g/mol. The van der Waals surface area contributed by atoms with Crippen molar-refractivity contribution in [2.24, 2.45) is 5.92 Å². The van der Waals surface area contributed by atoms with Gasteiger partial charge in [0.05, 0.1) is 11.6 Å². The summed E-state index contributed by atoms with van der Waals surface area (Å²) in [6.45, 7) is 3.62. The molecular weight excluding hydrogens is 252 g/mol. The molecule has 0 bridgehead atoms. The molecule has 5 heteroatoms. The number of aliphatic hydroxyl groups excluding tert-OH is 1. The maximum atomic E-state index is 12.2. The van der Waals surface area contributed by atoms with E-state index in [1.54, 1.807) is 0 Å². The first kappa shape index (κ1) is 15.7. The summed E-state index contributed by atoms with van der Waals surface area (Å²) in [7, 11) is 0. The lowest BCUT2D eigenvalue weighted by Crippen LogP contribution is -2.54. The van der Waals surface area contributed by atoms with E-state index in [1.807, 2.05) is 0 Å². The summed E-state index contributed by atoms with van der Waals surface area (Å²) in [6.07, 6.45) is 5.64. The van der Waals surface area contributed by atoms with E-state index in [9.17, 15) is 9.90 Å². The Kier molecular flexibility index (Phi) is 5.89. The fourth-order valence-corrected chi connectivity index (χ4v) is 3.11. The van der Waals surface area contributed by atoms with Crippen LogP contribution < -0.4 is 10.6 Å². The molecule has 1 heterocycles. The third-order valence-electron chi connectivity index (χ3n) is 4.43. The third kappa shape index (κ3) is 3.16. The molecule has 2 fully saturated rings. The van der Waals surface area contributed by atoms with Crippen LogP contribution >= 0.6 is 12.4 Å². The van der Waals surface area contributed by atoms with Crippen LogP contribution in [0, 0.1) is 5.92 Å². The highest BCUT2D eigenvalue weighted by molar-refractivity contribution is 5.86. The van der Waals surface area contributed by atoms with Crippen molar-refractivity contribution in [3.63, 3.8) is 0 Å². The molecule has 0 aromatic carbocycles. The predicted octanol–water partition coefficient (Wildman–Crippen LogP) is 1.22. The molecule has 0 spiro atoms. The highest BCUT2D eigenvalue weighted by Crippen LogP contribution is 2.26. The number of hydrogen-bond donors (Lipinski definition) is 3. The van der Waals surface area contributed by atoms with E-state index in [0.717, 1.165) is 45.1 Å². The molecule has 0 aromatic heterocycles. The first-order valence-electron chi connectivity index (χ1n) is 6.89. The van der Waals surface area contributed by atoms with Gasteiger partial charge in [-0.15, -0.1) is 12.4 Å². The van der Waals surface area contributed by atoms with E-state index in [2.05, 4.69) is 17.6 Å². The minimum absolute atomic E-state index is 0. The summed E-state index contributed by atoms with van der Waals surface area (Å²) in [5, 5.41) is 16.1. The van der Waals surface area contributed by atoms with E-state index in [0.29, 0.717) is 6.54 Å². The van der Waals surface area contributed by atoms with Gasteiger partial charge in [-0.25, -0.2) is 0 Å². The molecule has 1 aliphatic carbocycles. The quantitative estimate of drug-likeness (QED) is 0.724. The van der Waals surface area contributed by atoms with Gasteiger partial charge >= 0.3 is 0 Å². The number of halogens is 1. The number of nitrogens with one attached hydrogen (secondary N) is 2. The van der Waals surface area contributed by atoms with Crippen LogP contribution in [0.25, 0.3) is 0 Å². The van der Waals surface area contributed by atoms with Gasteiger partial charge < -0.3 is 15.7 Å². The predicted molar refractivity (Wildman–Crippen MR) is 73.9 cm³/mol. The first-order chi connectivity index (χ1) is 8.18. The normalized spacial score (nSPS) is 35.2. The average Bonchev–Trinajstić information content (AvgIpc) is 2.95.